The zero-order chi connectivity index (χ0) is 22.9. The molecule has 2 aromatic carbocycles. The second kappa shape index (κ2) is 11.6. The average molecular weight is 439 g/mol. The molecule has 1 atom stereocenters. The summed E-state index contributed by atoms with van der Waals surface area (Å²) in [4.78, 5) is 28.0. The van der Waals surface area contributed by atoms with Gasteiger partial charge in [0.2, 0.25) is 18.6 Å². The van der Waals surface area contributed by atoms with Crippen molar-refractivity contribution in [3.05, 3.63) is 59.2 Å². The highest BCUT2D eigenvalue weighted by Gasteiger charge is 2.28. The summed E-state index contributed by atoms with van der Waals surface area (Å²) in [5.74, 6) is 1.34. The third-order valence-electron chi connectivity index (χ3n) is 5.72. The Bertz CT molecular complexity index is 928. The van der Waals surface area contributed by atoms with E-state index in [1.54, 1.807) is 4.90 Å². The molecule has 172 valence electrons. The van der Waals surface area contributed by atoms with E-state index in [-0.39, 0.29) is 18.6 Å². The molecule has 0 saturated carbocycles. The number of carbonyl (C=O) groups excluding carboxylic acids is 2. The van der Waals surface area contributed by atoms with Gasteiger partial charge in [0.05, 0.1) is 0 Å². The van der Waals surface area contributed by atoms with Crippen molar-refractivity contribution in [1.82, 2.24) is 10.2 Å². The summed E-state index contributed by atoms with van der Waals surface area (Å²) in [6.45, 7) is 7.36. The standard InChI is InChI=1S/C26H34N2O4/c1-4-6-14-27-26(30)22(5-2)28(17-21-9-7-8-19(3)15-21)25(29)13-11-20-10-12-23-24(16-20)32-18-31-23/h7-10,12,15-16,22H,4-6,11,13-14,17-18H2,1-3H3,(H,27,30)/t22-/m1/s1. The van der Waals surface area contributed by atoms with Gasteiger partial charge in [-0.2, -0.15) is 0 Å². The van der Waals surface area contributed by atoms with Crippen LogP contribution in [0.4, 0.5) is 0 Å². The van der Waals surface area contributed by atoms with Crippen molar-refractivity contribution < 1.29 is 19.1 Å². The molecule has 32 heavy (non-hydrogen) atoms. The van der Waals surface area contributed by atoms with Crippen LogP contribution in [0.2, 0.25) is 0 Å². The van der Waals surface area contributed by atoms with E-state index in [1.165, 1.54) is 0 Å². The van der Waals surface area contributed by atoms with Gasteiger partial charge >= 0.3 is 0 Å². The van der Waals surface area contributed by atoms with Crippen LogP contribution < -0.4 is 14.8 Å². The number of benzene rings is 2. The van der Waals surface area contributed by atoms with Crippen LogP contribution in [-0.2, 0) is 22.6 Å². The molecule has 2 amide bonds. The number of hydrogen-bond donors (Lipinski definition) is 1. The van der Waals surface area contributed by atoms with Gasteiger partial charge in [0.1, 0.15) is 6.04 Å². The Morgan fingerprint density at radius 1 is 1.06 bits per heavy atom. The number of hydrogen-bond acceptors (Lipinski definition) is 4. The van der Waals surface area contributed by atoms with Crippen LogP contribution in [0, 0.1) is 6.92 Å². The number of rotatable bonds is 11. The molecular weight excluding hydrogens is 404 g/mol. The first-order valence-electron chi connectivity index (χ1n) is 11.5. The Morgan fingerprint density at radius 2 is 1.88 bits per heavy atom. The Kier molecular flexibility index (Phi) is 8.54. The van der Waals surface area contributed by atoms with E-state index in [0.717, 1.165) is 35.3 Å². The van der Waals surface area contributed by atoms with Crippen LogP contribution >= 0.6 is 0 Å². The molecule has 6 nitrogen and oxygen atoms in total. The van der Waals surface area contributed by atoms with Crippen molar-refractivity contribution in [3.8, 4) is 11.5 Å². The Morgan fingerprint density at radius 3 is 2.62 bits per heavy atom. The van der Waals surface area contributed by atoms with Gasteiger partial charge in [-0.05, 0) is 49.4 Å². The molecule has 1 heterocycles. The van der Waals surface area contributed by atoms with Crippen LogP contribution in [0.25, 0.3) is 0 Å². The topological polar surface area (TPSA) is 67.9 Å². The van der Waals surface area contributed by atoms with Crippen molar-refractivity contribution in [3.63, 3.8) is 0 Å². The fourth-order valence-corrected chi connectivity index (χ4v) is 3.92. The summed E-state index contributed by atoms with van der Waals surface area (Å²) in [5, 5.41) is 3.01. The lowest BCUT2D eigenvalue weighted by Gasteiger charge is -2.31. The fraction of sp³-hybridized carbons (Fsp3) is 0.462. The fourth-order valence-electron chi connectivity index (χ4n) is 3.92. The zero-order valence-electron chi connectivity index (χ0n) is 19.4. The van der Waals surface area contributed by atoms with Gasteiger partial charge in [-0.3, -0.25) is 9.59 Å². The van der Waals surface area contributed by atoms with Gasteiger partial charge in [0.15, 0.2) is 11.5 Å². The van der Waals surface area contributed by atoms with E-state index < -0.39 is 6.04 Å². The summed E-state index contributed by atoms with van der Waals surface area (Å²) >= 11 is 0. The minimum atomic E-state index is -0.489. The number of aryl methyl sites for hydroxylation is 2. The summed E-state index contributed by atoms with van der Waals surface area (Å²) in [7, 11) is 0. The summed E-state index contributed by atoms with van der Waals surface area (Å²) < 4.78 is 10.8. The van der Waals surface area contributed by atoms with Crippen LogP contribution in [0.5, 0.6) is 11.5 Å². The van der Waals surface area contributed by atoms with E-state index in [2.05, 4.69) is 18.3 Å². The third-order valence-corrected chi connectivity index (χ3v) is 5.72. The van der Waals surface area contributed by atoms with Crippen molar-refractivity contribution in [1.29, 1.82) is 0 Å². The smallest absolute Gasteiger partial charge is 0.242 e. The molecule has 0 aromatic heterocycles. The van der Waals surface area contributed by atoms with Crippen LogP contribution in [-0.4, -0.2) is 36.1 Å². The molecule has 2 aromatic rings. The second-order valence-electron chi connectivity index (χ2n) is 8.27. The van der Waals surface area contributed by atoms with E-state index in [0.29, 0.717) is 38.1 Å². The van der Waals surface area contributed by atoms with E-state index >= 15 is 0 Å². The molecule has 1 N–H and O–H groups in total. The summed E-state index contributed by atoms with van der Waals surface area (Å²) in [5.41, 5.74) is 3.18. The maximum atomic E-state index is 13.4. The molecule has 1 aliphatic heterocycles. The van der Waals surface area contributed by atoms with Crippen LogP contribution in [0.3, 0.4) is 0 Å². The Labute approximate surface area is 190 Å². The molecular formula is C26H34N2O4. The highest BCUT2D eigenvalue weighted by molar-refractivity contribution is 5.87. The van der Waals surface area contributed by atoms with Gasteiger partial charge in [-0.25, -0.2) is 0 Å². The molecule has 6 heteroatoms. The molecule has 0 saturated heterocycles. The summed E-state index contributed by atoms with van der Waals surface area (Å²) in [6, 6.07) is 13.4. The molecule has 0 spiro atoms. The number of carbonyl (C=O) groups is 2. The van der Waals surface area contributed by atoms with Gasteiger partial charge in [0, 0.05) is 19.5 Å². The molecule has 0 fully saturated rings. The van der Waals surface area contributed by atoms with Gasteiger partial charge in [0.25, 0.3) is 0 Å². The first kappa shape index (κ1) is 23.6. The number of nitrogens with zero attached hydrogens (tertiary/aromatic N) is 1. The first-order valence-corrected chi connectivity index (χ1v) is 11.5. The second-order valence-corrected chi connectivity index (χ2v) is 8.27. The van der Waals surface area contributed by atoms with Crippen molar-refractivity contribution in [2.75, 3.05) is 13.3 Å². The molecule has 0 radical (unpaired) electrons. The van der Waals surface area contributed by atoms with E-state index in [1.807, 2.05) is 50.2 Å². The van der Waals surface area contributed by atoms with Crippen molar-refractivity contribution in [2.24, 2.45) is 0 Å². The predicted octanol–water partition coefficient (Wildman–Crippen LogP) is 4.38. The van der Waals surface area contributed by atoms with Gasteiger partial charge in [-0.15, -0.1) is 0 Å². The molecule has 0 unspecified atom stereocenters. The lowest BCUT2D eigenvalue weighted by molar-refractivity contribution is -0.141. The van der Waals surface area contributed by atoms with E-state index in [9.17, 15) is 9.59 Å². The number of unbranched alkanes of at least 4 members (excludes halogenated alkanes) is 1. The number of nitrogens with one attached hydrogen (secondary N) is 1. The highest BCUT2D eigenvalue weighted by atomic mass is 16.7. The largest absolute Gasteiger partial charge is 0.454 e. The lowest BCUT2D eigenvalue weighted by Crippen LogP contribution is -2.49. The quantitative estimate of drug-likeness (QED) is 0.529. The maximum absolute atomic E-state index is 13.4. The number of ether oxygens (including phenoxy) is 2. The van der Waals surface area contributed by atoms with Crippen LogP contribution in [0.15, 0.2) is 42.5 Å². The summed E-state index contributed by atoms with van der Waals surface area (Å²) in [6.07, 6.45) is 3.41. The van der Waals surface area contributed by atoms with E-state index in [4.69, 9.17) is 9.47 Å². The SMILES string of the molecule is CCCCNC(=O)[C@@H](CC)N(Cc1cccc(C)c1)C(=O)CCc1ccc2c(c1)OCO2. The minimum absolute atomic E-state index is 0.0262. The van der Waals surface area contributed by atoms with Crippen molar-refractivity contribution in [2.45, 2.75) is 65.5 Å². The predicted molar refractivity (Wildman–Crippen MR) is 125 cm³/mol. The van der Waals surface area contributed by atoms with Gasteiger partial charge in [-0.1, -0.05) is 56.2 Å². The third kappa shape index (κ3) is 6.25. The average Bonchev–Trinajstić information content (AvgIpc) is 3.25. The molecule has 1 aliphatic rings. The van der Waals surface area contributed by atoms with Crippen LogP contribution in [0.1, 0.15) is 56.2 Å². The Balaban J connectivity index is 1.73. The van der Waals surface area contributed by atoms with Gasteiger partial charge < -0.3 is 19.7 Å². The first-order chi connectivity index (χ1) is 15.5. The van der Waals surface area contributed by atoms with Crippen molar-refractivity contribution >= 4 is 11.8 Å². The zero-order valence-corrected chi connectivity index (χ0v) is 19.4. The monoisotopic (exact) mass is 438 g/mol. The Hall–Kier alpha value is -3.02. The lowest BCUT2D eigenvalue weighted by atomic mass is 10.0. The molecule has 3 rings (SSSR count). The number of amides is 2. The minimum Gasteiger partial charge on any atom is -0.454 e. The molecule has 0 aliphatic carbocycles. The number of fused-ring (bicyclic) bond motifs is 1. The highest BCUT2D eigenvalue weighted by Crippen LogP contribution is 2.32. The molecule has 0 bridgehead atoms. The normalized spacial score (nSPS) is 13.0. The maximum Gasteiger partial charge on any atom is 0.242 e.